The molecule has 1 fully saturated rings. The minimum atomic E-state index is -3.70. The van der Waals surface area contributed by atoms with Gasteiger partial charge >= 0.3 is 0 Å². The number of imidazole rings is 1. The number of aryl methyl sites for hydroxylation is 2. The van der Waals surface area contributed by atoms with Gasteiger partial charge in [-0.3, -0.25) is 4.90 Å². The van der Waals surface area contributed by atoms with Crippen molar-refractivity contribution in [2.75, 3.05) is 33.4 Å². The van der Waals surface area contributed by atoms with Crippen molar-refractivity contribution >= 4 is 10.0 Å². The number of sulfonamides is 1. The molecule has 196 valence electrons. The number of nitrogens with zero attached hydrogens (tertiary/aromatic N) is 4. The topological polar surface area (TPSA) is 67.7 Å². The molecule has 0 bridgehead atoms. The summed E-state index contributed by atoms with van der Waals surface area (Å²) in [7, 11) is -0.215. The maximum Gasteiger partial charge on any atom is 0.260 e. The number of hydrogen-bond acceptors (Lipinski definition) is 5. The lowest BCUT2D eigenvalue weighted by atomic mass is 9.74. The molecule has 3 atom stereocenters. The van der Waals surface area contributed by atoms with Crippen molar-refractivity contribution in [2.24, 2.45) is 7.05 Å². The molecular formula is C29H36N4O3S. The van der Waals surface area contributed by atoms with Crippen LogP contribution >= 0.6 is 0 Å². The van der Waals surface area contributed by atoms with Crippen LogP contribution in [-0.2, 0) is 21.8 Å². The summed E-state index contributed by atoms with van der Waals surface area (Å²) in [5.41, 5.74) is 6.23. The summed E-state index contributed by atoms with van der Waals surface area (Å²) in [6.45, 7) is 8.27. The van der Waals surface area contributed by atoms with Gasteiger partial charge in [-0.1, -0.05) is 54.6 Å². The van der Waals surface area contributed by atoms with Crippen LogP contribution in [0.5, 0.6) is 0 Å². The molecule has 1 unspecified atom stereocenters. The maximum atomic E-state index is 13.7. The molecular weight excluding hydrogens is 484 g/mol. The third-order valence-electron chi connectivity index (χ3n) is 8.19. The highest BCUT2D eigenvalue weighted by Gasteiger charge is 2.50. The van der Waals surface area contributed by atoms with Gasteiger partial charge in [0.15, 0.2) is 5.03 Å². The predicted octanol–water partition coefficient (Wildman–Crippen LogP) is 4.06. The average Bonchev–Trinajstić information content (AvgIpc) is 3.21. The zero-order chi connectivity index (χ0) is 26.3. The molecule has 0 N–H and O–H groups in total. The van der Waals surface area contributed by atoms with Crippen LogP contribution in [0, 0.1) is 20.8 Å². The van der Waals surface area contributed by atoms with Gasteiger partial charge in [-0.15, -0.1) is 0 Å². The molecule has 0 aliphatic carbocycles. The van der Waals surface area contributed by atoms with Gasteiger partial charge in [0.2, 0.25) is 0 Å². The lowest BCUT2D eigenvalue weighted by Gasteiger charge is -2.56. The minimum absolute atomic E-state index is 0.0563. The van der Waals surface area contributed by atoms with Crippen LogP contribution < -0.4 is 0 Å². The van der Waals surface area contributed by atoms with Gasteiger partial charge in [-0.05, 0) is 48.6 Å². The van der Waals surface area contributed by atoms with E-state index < -0.39 is 10.0 Å². The van der Waals surface area contributed by atoms with Crippen molar-refractivity contribution in [2.45, 2.75) is 43.8 Å². The van der Waals surface area contributed by atoms with E-state index in [-0.39, 0.29) is 23.0 Å². The van der Waals surface area contributed by atoms with Crippen LogP contribution in [0.2, 0.25) is 0 Å². The first kappa shape index (κ1) is 25.9. The highest BCUT2D eigenvalue weighted by atomic mass is 32.2. The Labute approximate surface area is 220 Å². The van der Waals surface area contributed by atoms with E-state index in [9.17, 15) is 8.42 Å². The highest BCUT2D eigenvalue weighted by molar-refractivity contribution is 7.89. The number of benzene rings is 2. The molecule has 2 aliphatic heterocycles. The SMILES string of the molecule is COC[C@@H]1[C@@H](c2ccc(-c3cccc(C)c3C)cc2)C2CN(S(=O)(=O)c3cnc(C)n3C)C/C=C\CN21. The fraction of sp³-hybridized carbons (Fsp3) is 0.414. The summed E-state index contributed by atoms with van der Waals surface area (Å²) >= 11 is 0. The van der Waals surface area contributed by atoms with Crippen LogP contribution in [0.4, 0.5) is 0 Å². The molecule has 0 spiro atoms. The Hall–Kier alpha value is -2.78. The van der Waals surface area contributed by atoms with Gasteiger partial charge in [0.25, 0.3) is 10.0 Å². The Balaban J connectivity index is 1.46. The zero-order valence-electron chi connectivity index (χ0n) is 22.3. The maximum absolute atomic E-state index is 13.7. The summed E-state index contributed by atoms with van der Waals surface area (Å²) in [4.78, 5) is 6.60. The Morgan fingerprint density at radius 1 is 1.03 bits per heavy atom. The fourth-order valence-corrected chi connectivity index (χ4v) is 7.35. The molecule has 7 nitrogen and oxygen atoms in total. The molecule has 3 heterocycles. The number of fused-ring (bicyclic) bond motifs is 1. The van der Waals surface area contributed by atoms with Crippen molar-refractivity contribution < 1.29 is 13.2 Å². The Morgan fingerprint density at radius 2 is 1.76 bits per heavy atom. The lowest BCUT2D eigenvalue weighted by molar-refractivity contribution is -0.0508. The van der Waals surface area contributed by atoms with Crippen LogP contribution in [0.3, 0.4) is 0 Å². The van der Waals surface area contributed by atoms with E-state index in [1.54, 1.807) is 23.0 Å². The first-order valence-corrected chi connectivity index (χ1v) is 14.2. The average molecular weight is 521 g/mol. The summed E-state index contributed by atoms with van der Waals surface area (Å²) < 4.78 is 36.2. The largest absolute Gasteiger partial charge is 0.383 e. The number of rotatable bonds is 6. The second-order valence-corrected chi connectivity index (χ2v) is 12.1. The number of hydrogen-bond donors (Lipinski definition) is 0. The number of methoxy groups -OCH3 is 1. The smallest absolute Gasteiger partial charge is 0.260 e. The van der Waals surface area contributed by atoms with Crippen LogP contribution in [0.25, 0.3) is 11.1 Å². The summed E-state index contributed by atoms with van der Waals surface area (Å²) in [5, 5.41) is 0.229. The van der Waals surface area contributed by atoms with Gasteiger partial charge in [-0.25, -0.2) is 13.4 Å². The third kappa shape index (κ3) is 4.56. The standard InChI is InChI=1S/C29H36N4O3S/c1-20-9-8-10-25(21(20)2)23-11-13-24(14-12-23)29-26-18-32(15-6-7-16-33(26)27(29)19-36-5)37(34,35)28-17-30-22(3)31(28)4/h6-14,17,26-27,29H,15-16,18-19H2,1-5H3/b7-6-/t26?,27-,29+/m1/s1. The van der Waals surface area contributed by atoms with E-state index in [4.69, 9.17) is 4.74 Å². The molecule has 2 aromatic carbocycles. The van der Waals surface area contributed by atoms with Gasteiger partial charge in [0.1, 0.15) is 5.82 Å². The van der Waals surface area contributed by atoms with Gasteiger partial charge in [-0.2, -0.15) is 4.31 Å². The highest BCUT2D eigenvalue weighted by Crippen LogP contribution is 2.43. The molecule has 5 rings (SSSR count). The Morgan fingerprint density at radius 3 is 2.43 bits per heavy atom. The second-order valence-electron chi connectivity index (χ2n) is 10.2. The van der Waals surface area contributed by atoms with Crippen molar-refractivity contribution in [3.63, 3.8) is 0 Å². The van der Waals surface area contributed by atoms with Gasteiger partial charge in [0.05, 0.1) is 12.8 Å². The van der Waals surface area contributed by atoms with Crippen LogP contribution in [0.1, 0.15) is 28.4 Å². The lowest BCUT2D eigenvalue weighted by Crippen LogP contribution is -2.67. The van der Waals surface area contributed by atoms with E-state index in [1.165, 1.54) is 34.0 Å². The molecule has 0 saturated carbocycles. The summed E-state index contributed by atoms with van der Waals surface area (Å²) in [6, 6.07) is 15.5. The summed E-state index contributed by atoms with van der Waals surface area (Å²) in [5.74, 6) is 0.846. The predicted molar refractivity (Wildman–Crippen MR) is 146 cm³/mol. The third-order valence-corrected chi connectivity index (χ3v) is 10.1. The molecule has 0 radical (unpaired) electrons. The fourth-order valence-electron chi connectivity index (χ4n) is 5.79. The molecule has 0 amide bonds. The first-order chi connectivity index (χ1) is 17.7. The second kappa shape index (κ2) is 10.2. The quantitative estimate of drug-likeness (QED) is 0.459. The summed E-state index contributed by atoms with van der Waals surface area (Å²) in [6.07, 6.45) is 5.49. The van der Waals surface area contributed by atoms with Gasteiger partial charge in [0, 0.05) is 51.8 Å². The molecule has 1 aromatic heterocycles. The van der Waals surface area contributed by atoms with E-state index in [0.29, 0.717) is 25.5 Å². The molecule has 1 saturated heterocycles. The molecule has 2 aliphatic rings. The molecule has 8 heteroatoms. The first-order valence-electron chi connectivity index (χ1n) is 12.8. The number of aromatic nitrogens is 2. The van der Waals surface area contributed by atoms with E-state index in [2.05, 4.69) is 72.3 Å². The minimum Gasteiger partial charge on any atom is -0.383 e. The van der Waals surface area contributed by atoms with Gasteiger partial charge < -0.3 is 9.30 Å². The monoisotopic (exact) mass is 520 g/mol. The van der Waals surface area contributed by atoms with Crippen molar-refractivity contribution in [3.05, 3.63) is 83.3 Å². The van der Waals surface area contributed by atoms with Crippen LogP contribution in [0.15, 0.2) is 65.8 Å². The van der Waals surface area contributed by atoms with E-state index >= 15 is 0 Å². The van der Waals surface area contributed by atoms with E-state index in [0.717, 1.165) is 6.54 Å². The Bertz CT molecular complexity index is 1410. The molecule has 37 heavy (non-hydrogen) atoms. The zero-order valence-corrected chi connectivity index (χ0v) is 23.1. The van der Waals surface area contributed by atoms with E-state index in [1.807, 2.05) is 13.0 Å². The van der Waals surface area contributed by atoms with Crippen molar-refractivity contribution in [1.82, 2.24) is 18.8 Å². The number of ether oxygens (including phenoxy) is 1. The molecule has 3 aromatic rings. The Kier molecular flexibility index (Phi) is 7.11. The normalized spacial score (nSPS) is 23.6. The van der Waals surface area contributed by atoms with Crippen molar-refractivity contribution in [1.29, 1.82) is 0 Å². The van der Waals surface area contributed by atoms with Crippen molar-refractivity contribution in [3.8, 4) is 11.1 Å². The van der Waals surface area contributed by atoms with Crippen LogP contribution in [-0.4, -0.2) is 72.6 Å².